The van der Waals surface area contributed by atoms with Crippen LogP contribution in [0.5, 0.6) is 0 Å². The Bertz CT molecular complexity index is 985. The minimum Gasteiger partial charge on any atom is -0.465 e. The third kappa shape index (κ3) is 5.50. The zero-order chi connectivity index (χ0) is 22.6. The summed E-state index contributed by atoms with van der Waals surface area (Å²) in [5.41, 5.74) is 0.910. The Morgan fingerprint density at radius 1 is 1.19 bits per heavy atom. The van der Waals surface area contributed by atoms with Gasteiger partial charge in [0.15, 0.2) is 0 Å². The molecule has 2 aromatic rings. The molecule has 1 fully saturated rings. The van der Waals surface area contributed by atoms with Gasteiger partial charge < -0.3 is 14.6 Å². The van der Waals surface area contributed by atoms with Crippen LogP contribution in [0.25, 0.3) is 17.0 Å². The molecule has 0 saturated heterocycles. The molecule has 6 heteroatoms. The van der Waals surface area contributed by atoms with Crippen LogP contribution in [-0.2, 0) is 19.1 Å². The van der Waals surface area contributed by atoms with Crippen LogP contribution in [-0.4, -0.2) is 34.2 Å². The van der Waals surface area contributed by atoms with E-state index in [1.54, 1.807) is 13.8 Å². The van der Waals surface area contributed by atoms with Crippen molar-refractivity contribution in [1.29, 1.82) is 0 Å². The van der Waals surface area contributed by atoms with Gasteiger partial charge in [-0.1, -0.05) is 30.4 Å². The molecule has 3 rings (SSSR count). The van der Waals surface area contributed by atoms with Crippen LogP contribution in [0.2, 0.25) is 0 Å². The number of esters is 2. The lowest BCUT2D eigenvalue weighted by Gasteiger charge is -2.39. The monoisotopic (exact) mass is 425 g/mol. The minimum atomic E-state index is -0.744. The highest BCUT2D eigenvalue weighted by atomic mass is 16.5. The summed E-state index contributed by atoms with van der Waals surface area (Å²) in [5.74, 6) is -0.583. The number of pyridine rings is 1. The second-order valence-corrected chi connectivity index (χ2v) is 8.65. The summed E-state index contributed by atoms with van der Waals surface area (Å²) in [6.45, 7) is 7.12. The average molecular weight is 426 g/mol. The molecule has 1 saturated carbocycles. The second kappa shape index (κ2) is 9.18. The predicted molar refractivity (Wildman–Crippen MR) is 119 cm³/mol. The molecule has 6 nitrogen and oxygen atoms in total. The summed E-state index contributed by atoms with van der Waals surface area (Å²) >= 11 is 0. The number of nitrogens with zero attached hydrogens (tertiary/aromatic N) is 1. The van der Waals surface area contributed by atoms with Crippen molar-refractivity contribution in [3.05, 3.63) is 47.7 Å². The van der Waals surface area contributed by atoms with E-state index in [1.807, 2.05) is 49.4 Å². The molecule has 1 aliphatic carbocycles. The lowest BCUT2D eigenvalue weighted by molar-refractivity contribution is -0.156. The van der Waals surface area contributed by atoms with Gasteiger partial charge in [-0.05, 0) is 64.2 Å². The van der Waals surface area contributed by atoms with Crippen molar-refractivity contribution in [2.45, 2.75) is 65.1 Å². The van der Waals surface area contributed by atoms with E-state index in [1.165, 1.54) is 6.92 Å². The van der Waals surface area contributed by atoms with E-state index >= 15 is 0 Å². The van der Waals surface area contributed by atoms with E-state index in [9.17, 15) is 14.7 Å². The SMILES string of the molecule is CCOC(=O)[C@]1(/C=C/c2ccc3ccc([C@@H](C)OC(C)=O)nc3c2)CC[C@@](C)(O)CC1. The van der Waals surface area contributed by atoms with Crippen molar-refractivity contribution in [3.63, 3.8) is 0 Å². The lowest BCUT2D eigenvalue weighted by Crippen LogP contribution is -2.41. The molecule has 0 unspecified atom stereocenters. The number of fused-ring (bicyclic) bond motifs is 1. The highest BCUT2D eigenvalue weighted by Gasteiger charge is 2.44. The number of aliphatic hydroxyl groups is 1. The first-order valence-electron chi connectivity index (χ1n) is 10.8. The molecular weight excluding hydrogens is 394 g/mol. The Hall–Kier alpha value is -2.73. The maximum atomic E-state index is 12.8. The quantitative estimate of drug-likeness (QED) is 0.673. The number of hydrogen-bond acceptors (Lipinski definition) is 6. The molecule has 0 radical (unpaired) electrons. The fraction of sp³-hybridized carbons (Fsp3) is 0.480. The van der Waals surface area contributed by atoms with Crippen LogP contribution in [0.1, 0.15) is 70.7 Å². The van der Waals surface area contributed by atoms with Gasteiger partial charge in [0, 0.05) is 12.3 Å². The van der Waals surface area contributed by atoms with Crippen LogP contribution in [0.15, 0.2) is 36.4 Å². The molecule has 0 amide bonds. The van der Waals surface area contributed by atoms with Crippen LogP contribution >= 0.6 is 0 Å². The number of carbonyl (C=O) groups is 2. The summed E-state index contributed by atoms with van der Waals surface area (Å²) in [6.07, 6.45) is 5.62. The molecule has 1 heterocycles. The fourth-order valence-corrected chi connectivity index (χ4v) is 3.99. The number of benzene rings is 1. The lowest BCUT2D eigenvalue weighted by atomic mass is 9.69. The van der Waals surface area contributed by atoms with Gasteiger partial charge in [0.1, 0.15) is 6.10 Å². The van der Waals surface area contributed by atoms with Gasteiger partial charge in [0.25, 0.3) is 0 Å². The first-order valence-corrected chi connectivity index (χ1v) is 10.8. The summed E-state index contributed by atoms with van der Waals surface area (Å²) in [5, 5.41) is 11.3. The van der Waals surface area contributed by atoms with E-state index in [4.69, 9.17) is 9.47 Å². The molecule has 1 aromatic heterocycles. The first kappa shape index (κ1) is 22.9. The number of hydrogen-bond donors (Lipinski definition) is 1. The van der Waals surface area contributed by atoms with E-state index in [2.05, 4.69) is 4.98 Å². The Morgan fingerprint density at radius 2 is 1.87 bits per heavy atom. The van der Waals surface area contributed by atoms with Crippen molar-refractivity contribution in [2.24, 2.45) is 5.41 Å². The topological polar surface area (TPSA) is 85.7 Å². The standard InChI is InChI=1S/C25H31NO5/c1-5-30-23(28)25(14-12-24(4,29)13-15-25)11-10-19-6-7-20-8-9-21(26-22(20)16-19)17(2)31-18(3)27/h6-11,16-17,29H,5,12-15H2,1-4H3/b11-10+/t17-,24-,25-/m1/s1. The molecule has 1 aliphatic rings. The van der Waals surface area contributed by atoms with E-state index in [0.29, 0.717) is 38.0 Å². The Balaban J connectivity index is 1.88. The molecule has 1 aromatic carbocycles. The van der Waals surface area contributed by atoms with Crippen molar-refractivity contribution in [1.82, 2.24) is 4.98 Å². The van der Waals surface area contributed by atoms with Crippen LogP contribution in [0, 0.1) is 5.41 Å². The summed E-state index contributed by atoms with van der Waals surface area (Å²) < 4.78 is 10.6. The van der Waals surface area contributed by atoms with E-state index in [0.717, 1.165) is 16.5 Å². The molecule has 1 atom stereocenters. The van der Waals surface area contributed by atoms with Gasteiger partial charge in [-0.3, -0.25) is 9.59 Å². The highest BCUT2D eigenvalue weighted by molar-refractivity contribution is 5.83. The second-order valence-electron chi connectivity index (χ2n) is 8.65. The number of aromatic nitrogens is 1. The number of rotatable bonds is 6. The molecular formula is C25H31NO5. The van der Waals surface area contributed by atoms with Crippen LogP contribution in [0.4, 0.5) is 0 Å². The number of ether oxygens (including phenoxy) is 2. The van der Waals surface area contributed by atoms with Gasteiger partial charge in [-0.15, -0.1) is 0 Å². The van der Waals surface area contributed by atoms with Crippen molar-refractivity contribution in [3.8, 4) is 0 Å². The largest absolute Gasteiger partial charge is 0.465 e. The zero-order valence-corrected chi connectivity index (χ0v) is 18.7. The molecule has 0 spiro atoms. The highest BCUT2D eigenvalue weighted by Crippen LogP contribution is 2.43. The summed E-state index contributed by atoms with van der Waals surface area (Å²) in [4.78, 5) is 28.7. The van der Waals surface area contributed by atoms with Crippen molar-refractivity contribution < 1.29 is 24.2 Å². The summed E-state index contributed by atoms with van der Waals surface area (Å²) in [6, 6.07) is 9.72. The van der Waals surface area contributed by atoms with Gasteiger partial charge in [-0.25, -0.2) is 4.98 Å². The minimum absolute atomic E-state index is 0.238. The first-order chi connectivity index (χ1) is 14.6. The van der Waals surface area contributed by atoms with Crippen LogP contribution in [0.3, 0.4) is 0 Å². The van der Waals surface area contributed by atoms with E-state index < -0.39 is 17.1 Å². The Labute approximate surface area is 183 Å². The number of carbonyl (C=O) groups excluding carboxylic acids is 2. The third-order valence-corrected chi connectivity index (χ3v) is 5.99. The van der Waals surface area contributed by atoms with Gasteiger partial charge in [0.05, 0.1) is 28.8 Å². The summed E-state index contributed by atoms with van der Waals surface area (Å²) in [7, 11) is 0. The fourth-order valence-electron chi connectivity index (χ4n) is 3.99. The maximum absolute atomic E-state index is 12.8. The normalized spacial score (nSPS) is 24.8. The smallest absolute Gasteiger partial charge is 0.315 e. The Kier molecular flexibility index (Phi) is 6.80. The molecule has 31 heavy (non-hydrogen) atoms. The molecule has 1 N–H and O–H groups in total. The predicted octanol–water partition coefficient (Wildman–Crippen LogP) is 4.75. The van der Waals surface area contributed by atoms with Crippen LogP contribution < -0.4 is 0 Å². The van der Waals surface area contributed by atoms with Gasteiger partial charge in [0.2, 0.25) is 0 Å². The molecule has 166 valence electrons. The van der Waals surface area contributed by atoms with Gasteiger partial charge >= 0.3 is 11.9 Å². The van der Waals surface area contributed by atoms with Gasteiger partial charge in [-0.2, -0.15) is 0 Å². The third-order valence-electron chi connectivity index (χ3n) is 5.99. The Morgan fingerprint density at radius 3 is 2.52 bits per heavy atom. The van der Waals surface area contributed by atoms with Crippen molar-refractivity contribution >= 4 is 28.9 Å². The van der Waals surface area contributed by atoms with Crippen molar-refractivity contribution in [2.75, 3.05) is 6.61 Å². The molecule has 0 bridgehead atoms. The molecule has 0 aliphatic heterocycles. The average Bonchev–Trinajstić information content (AvgIpc) is 2.72. The maximum Gasteiger partial charge on any atom is 0.315 e. The van der Waals surface area contributed by atoms with E-state index in [-0.39, 0.29) is 11.9 Å². The zero-order valence-electron chi connectivity index (χ0n) is 18.7.